The number of carbonyl (C=O) groups is 1. The minimum Gasteiger partial charge on any atom is -0.726 e. The van der Waals surface area contributed by atoms with Gasteiger partial charge in [0.15, 0.2) is 0 Å². The highest BCUT2D eigenvalue weighted by Gasteiger charge is 2.00. The number of hydrogen-bond acceptors (Lipinski definition) is 6. The third kappa shape index (κ3) is 12.2. The zero-order valence-electron chi connectivity index (χ0n) is 8.94. The first kappa shape index (κ1) is 15.3. The largest absolute Gasteiger partial charge is 0.726 e. The lowest BCUT2D eigenvalue weighted by atomic mass is 10.5. The molecule has 0 unspecified atom stereocenters. The molecule has 17 heavy (non-hydrogen) atoms. The second-order valence-corrected chi connectivity index (χ2v) is 3.48. The van der Waals surface area contributed by atoms with Gasteiger partial charge in [0.2, 0.25) is 22.8 Å². The Labute approximate surface area is 98.3 Å². The summed E-state index contributed by atoms with van der Waals surface area (Å²) >= 11 is 0. The molecular weight excluding hydrogens is 252 g/mol. The second-order valence-electron chi connectivity index (χ2n) is 2.63. The molecule has 0 aliphatic carbocycles. The summed E-state index contributed by atoms with van der Waals surface area (Å²) in [7, 11) is -4.92. The first-order valence-electron chi connectivity index (χ1n) is 4.43. The van der Waals surface area contributed by atoms with E-state index in [1.807, 2.05) is 18.2 Å². The molecular formula is C8H12N2O6S. The van der Waals surface area contributed by atoms with Crippen LogP contribution < -0.4 is 10.3 Å². The van der Waals surface area contributed by atoms with Crippen molar-refractivity contribution in [3.8, 4) is 0 Å². The molecule has 0 aromatic carbocycles. The Morgan fingerprint density at radius 2 is 1.88 bits per heavy atom. The van der Waals surface area contributed by atoms with Crippen molar-refractivity contribution in [2.75, 3.05) is 5.59 Å². The maximum atomic E-state index is 10.7. The van der Waals surface area contributed by atoms with Gasteiger partial charge in [0.05, 0.1) is 0 Å². The highest BCUT2D eigenvalue weighted by Crippen LogP contribution is 1.79. The van der Waals surface area contributed by atoms with Crippen LogP contribution in [0.2, 0.25) is 0 Å². The SMILES string of the molecule is CCC(=O)ON[n+]1ccccc1.O=S(=O)([O-])O. The van der Waals surface area contributed by atoms with E-state index in [9.17, 15) is 4.79 Å². The van der Waals surface area contributed by atoms with Gasteiger partial charge in [0.25, 0.3) is 0 Å². The monoisotopic (exact) mass is 264 g/mol. The van der Waals surface area contributed by atoms with E-state index < -0.39 is 10.4 Å². The number of pyridine rings is 1. The van der Waals surface area contributed by atoms with Crippen molar-refractivity contribution in [3.63, 3.8) is 0 Å². The summed E-state index contributed by atoms with van der Waals surface area (Å²) in [5, 5.41) is 0. The third-order valence-electron chi connectivity index (χ3n) is 1.27. The number of carbonyl (C=O) groups excluding carboxylic acids is 1. The van der Waals surface area contributed by atoms with Gasteiger partial charge in [-0.25, -0.2) is 13.2 Å². The van der Waals surface area contributed by atoms with Crippen LogP contribution in [0, 0.1) is 0 Å². The smallest absolute Gasteiger partial charge is 0.337 e. The van der Waals surface area contributed by atoms with E-state index in [1.54, 1.807) is 24.0 Å². The fraction of sp³-hybridized carbons (Fsp3) is 0.250. The number of rotatable bonds is 3. The van der Waals surface area contributed by atoms with E-state index in [4.69, 9.17) is 17.5 Å². The van der Waals surface area contributed by atoms with Crippen LogP contribution in [0.25, 0.3) is 0 Å². The number of aromatic nitrogens is 1. The summed E-state index contributed by atoms with van der Waals surface area (Å²) in [6.45, 7) is 1.74. The van der Waals surface area contributed by atoms with Gasteiger partial charge in [-0.05, 0) is 5.59 Å². The van der Waals surface area contributed by atoms with E-state index >= 15 is 0 Å². The molecule has 1 aromatic rings. The fourth-order valence-corrected chi connectivity index (χ4v) is 0.635. The van der Waals surface area contributed by atoms with Crippen molar-refractivity contribution in [1.82, 2.24) is 0 Å². The molecule has 1 aromatic heterocycles. The summed E-state index contributed by atoms with van der Waals surface area (Å²) in [5.74, 6) is -0.286. The molecule has 0 radical (unpaired) electrons. The van der Waals surface area contributed by atoms with Gasteiger partial charge in [0.1, 0.15) is 0 Å². The van der Waals surface area contributed by atoms with E-state index in [1.165, 1.54) is 0 Å². The fourth-order valence-electron chi connectivity index (χ4n) is 0.635. The van der Waals surface area contributed by atoms with Crippen molar-refractivity contribution in [2.45, 2.75) is 13.3 Å². The summed E-state index contributed by atoms with van der Waals surface area (Å²) in [6, 6.07) is 5.53. The average Bonchev–Trinajstić information content (AvgIpc) is 2.25. The van der Waals surface area contributed by atoms with Crippen LogP contribution >= 0.6 is 0 Å². The van der Waals surface area contributed by atoms with Gasteiger partial charge >= 0.3 is 5.97 Å². The minimum atomic E-state index is -4.92. The molecule has 96 valence electrons. The summed E-state index contributed by atoms with van der Waals surface area (Å²) in [4.78, 5) is 15.3. The number of hydrogen-bond donors (Lipinski definition) is 2. The summed E-state index contributed by atoms with van der Waals surface area (Å²) in [5.41, 5.74) is 2.46. The average molecular weight is 264 g/mol. The lowest BCUT2D eigenvalue weighted by molar-refractivity contribution is -0.676. The normalized spacial score (nSPS) is 9.82. The molecule has 9 heteroatoms. The highest BCUT2D eigenvalue weighted by atomic mass is 32.3. The zero-order valence-corrected chi connectivity index (χ0v) is 9.75. The molecule has 0 saturated heterocycles. The molecule has 0 bridgehead atoms. The molecule has 0 aliphatic heterocycles. The van der Waals surface area contributed by atoms with Crippen LogP contribution in [0.15, 0.2) is 30.6 Å². The van der Waals surface area contributed by atoms with Crippen LogP contribution in [0.1, 0.15) is 13.3 Å². The number of nitrogens with zero attached hydrogens (tertiary/aromatic N) is 1. The summed E-state index contributed by atoms with van der Waals surface area (Å²) < 4.78 is 34.4. The predicted molar refractivity (Wildman–Crippen MR) is 54.7 cm³/mol. The lowest BCUT2D eigenvalue weighted by Gasteiger charge is -1.97. The van der Waals surface area contributed by atoms with E-state index in [0.29, 0.717) is 6.42 Å². The zero-order chi connectivity index (χ0) is 13.3. The molecule has 8 nitrogen and oxygen atoms in total. The van der Waals surface area contributed by atoms with Crippen LogP contribution in [-0.2, 0) is 20.0 Å². The predicted octanol–water partition coefficient (Wildman–Crippen LogP) is -0.610. The van der Waals surface area contributed by atoms with Crippen molar-refractivity contribution in [3.05, 3.63) is 30.6 Å². The van der Waals surface area contributed by atoms with E-state index in [2.05, 4.69) is 10.4 Å². The molecule has 0 atom stereocenters. The van der Waals surface area contributed by atoms with Crippen LogP contribution in [0.3, 0.4) is 0 Å². The Morgan fingerprint density at radius 1 is 1.41 bits per heavy atom. The Balaban J connectivity index is 0.000000437. The van der Waals surface area contributed by atoms with Gasteiger partial charge in [-0.3, -0.25) is 9.39 Å². The maximum absolute atomic E-state index is 10.7. The Hall–Kier alpha value is -1.71. The van der Waals surface area contributed by atoms with Gasteiger partial charge in [-0.15, -0.1) is 0 Å². The topological polar surface area (TPSA) is 120 Å². The molecule has 0 aliphatic rings. The first-order chi connectivity index (χ1) is 7.83. The van der Waals surface area contributed by atoms with E-state index in [0.717, 1.165) is 0 Å². The number of nitrogens with one attached hydrogen (secondary N) is 1. The Morgan fingerprint density at radius 3 is 2.29 bits per heavy atom. The van der Waals surface area contributed by atoms with Gasteiger partial charge in [-0.1, -0.05) is 17.7 Å². The van der Waals surface area contributed by atoms with Crippen molar-refractivity contribution in [2.24, 2.45) is 0 Å². The minimum absolute atomic E-state index is 0.286. The molecule has 0 saturated carbocycles. The second kappa shape index (κ2) is 7.54. The van der Waals surface area contributed by atoms with E-state index in [-0.39, 0.29) is 5.97 Å². The van der Waals surface area contributed by atoms with Gasteiger partial charge in [0, 0.05) is 18.6 Å². The third-order valence-corrected chi connectivity index (χ3v) is 1.27. The van der Waals surface area contributed by atoms with Gasteiger partial charge < -0.3 is 4.55 Å². The molecule has 1 heterocycles. The molecule has 1 rings (SSSR count). The highest BCUT2D eigenvalue weighted by molar-refractivity contribution is 7.79. The molecule has 0 fully saturated rings. The Kier molecular flexibility index (Phi) is 6.79. The van der Waals surface area contributed by atoms with Gasteiger partial charge in [-0.2, -0.15) is 0 Å². The standard InChI is InChI=1S/C8H11N2O2.H2O4S/c1-2-8(11)12-9-10-6-4-3-5-7-10;1-5(2,3)4/h3-7,9H,2H2,1H3;(H2,1,2,3,4)/q+1;/p-1. The molecule has 2 N–H and O–H groups in total. The van der Waals surface area contributed by atoms with Crippen LogP contribution in [0.4, 0.5) is 0 Å². The lowest BCUT2D eigenvalue weighted by Crippen LogP contribution is -2.45. The quantitative estimate of drug-likeness (QED) is 0.323. The van der Waals surface area contributed by atoms with Crippen molar-refractivity contribution < 1.29 is 31.8 Å². The van der Waals surface area contributed by atoms with Crippen molar-refractivity contribution >= 4 is 16.4 Å². The van der Waals surface area contributed by atoms with Crippen LogP contribution in [-0.4, -0.2) is 23.5 Å². The maximum Gasteiger partial charge on any atom is 0.337 e. The molecule has 0 amide bonds. The molecule has 0 spiro atoms. The van der Waals surface area contributed by atoms with Crippen molar-refractivity contribution in [1.29, 1.82) is 0 Å². The van der Waals surface area contributed by atoms with Crippen LogP contribution in [0.5, 0.6) is 0 Å². The Bertz CT molecular complexity index is 425. The summed E-state index contributed by atoms with van der Waals surface area (Å²) in [6.07, 6.45) is 3.84. The first-order valence-corrected chi connectivity index (χ1v) is 5.79.